The van der Waals surface area contributed by atoms with E-state index < -0.39 is 8.53 Å². The molecule has 1 aliphatic rings. The molecule has 0 saturated carbocycles. The molecule has 0 spiro atoms. The van der Waals surface area contributed by atoms with Crippen molar-refractivity contribution >= 4 is 25.0 Å². The van der Waals surface area contributed by atoms with Gasteiger partial charge in [0.1, 0.15) is 0 Å². The van der Waals surface area contributed by atoms with Crippen LogP contribution in [0.1, 0.15) is 6.92 Å². The minimum atomic E-state index is -1.14. The van der Waals surface area contributed by atoms with E-state index in [1.54, 1.807) is 0 Å². The molecule has 0 fully saturated rings. The topological polar surface area (TPSA) is 21.7 Å². The Kier molecular flexibility index (Phi) is 3.36. The highest BCUT2D eigenvalue weighted by Gasteiger charge is 2.32. The molecule has 0 atom stereocenters. The molecule has 0 aromatic heterocycles. The van der Waals surface area contributed by atoms with Crippen LogP contribution in [0.5, 0.6) is 11.5 Å². The number of hydrogen-bond acceptors (Lipinski definition) is 3. The van der Waals surface area contributed by atoms with Gasteiger partial charge in [-0.1, -0.05) is 42.5 Å². The Morgan fingerprint density at radius 2 is 1.36 bits per heavy atom. The molecular weight excluding hydrogens is 293 g/mol. The van der Waals surface area contributed by atoms with E-state index in [1.165, 1.54) is 10.8 Å². The Morgan fingerprint density at radius 1 is 0.818 bits per heavy atom. The predicted molar refractivity (Wildman–Crippen MR) is 91.6 cm³/mol. The van der Waals surface area contributed by atoms with E-state index in [1.807, 2.05) is 30.3 Å². The molecule has 1 aliphatic heterocycles. The molecule has 110 valence electrons. The fourth-order valence-corrected chi connectivity index (χ4v) is 4.03. The molecule has 1 heterocycles. The fraction of sp³-hybridized carbons (Fsp3) is 0.111. The third kappa shape index (κ3) is 2.28. The molecular formula is C18H16NO2P. The minimum absolute atomic E-state index is 0.833. The number of fused-ring (bicyclic) bond motifs is 2. The molecule has 22 heavy (non-hydrogen) atoms. The van der Waals surface area contributed by atoms with Crippen LogP contribution in [-0.4, -0.2) is 6.54 Å². The van der Waals surface area contributed by atoms with Gasteiger partial charge in [0.15, 0.2) is 11.5 Å². The van der Waals surface area contributed by atoms with Gasteiger partial charge in [-0.2, -0.15) is 0 Å². The van der Waals surface area contributed by atoms with Crippen molar-refractivity contribution in [2.45, 2.75) is 6.92 Å². The van der Waals surface area contributed by atoms with E-state index in [0.29, 0.717) is 0 Å². The largest absolute Gasteiger partial charge is 0.419 e. The second kappa shape index (κ2) is 5.51. The second-order valence-corrected chi connectivity index (χ2v) is 6.44. The summed E-state index contributed by atoms with van der Waals surface area (Å²) in [5.41, 5.74) is 1.12. The molecule has 0 unspecified atom stereocenters. The lowest BCUT2D eigenvalue weighted by Crippen LogP contribution is -2.19. The van der Waals surface area contributed by atoms with Crippen LogP contribution in [0.3, 0.4) is 0 Å². The summed E-state index contributed by atoms with van der Waals surface area (Å²) in [7, 11) is -1.14. The minimum Gasteiger partial charge on any atom is -0.419 e. The third-order valence-corrected chi connectivity index (χ3v) is 5.33. The Morgan fingerprint density at radius 3 is 1.91 bits per heavy atom. The number of benzene rings is 3. The highest BCUT2D eigenvalue weighted by molar-refractivity contribution is 7.50. The van der Waals surface area contributed by atoms with Crippen LogP contribution in [0, 0.1) is 0 Å². The summed E-state index contributed by atoms with van der Waals surface area (Å²) in [4.78, 5) is 0. The quantitative estimate of drug-likeness (QED) is 0.608. The van der Waals surface area contributed by atoms with Crippen LogP contribution in [0.4, 0.5) is 5.69 Å². The smallest absolute Gasteiger partial charge is 0.417 e. The first kappa shape index (κ1) is 13.4. The number of rotatable bonds is 3. The third-order valence-electron chi connectivity index (χ3n) is 3.72. The van der Waals surface area contributed by atoms with Crippen molar-refractivity contribution < 1.29 is 9.05 Å². The van der Waals surface area contributed by atoms with E-state index in [2.05, 4.69) is 48.0 Å². The van der Waals surface area contributed by atoms with Crippen LogP contribution in [0.15, 0.2) is 66.7 Å². The average Bonchev–Trinajstić information content (AvgIpc) is 2.96. The van der Waals surface area contributed by atoms with Crippen molar-refractivity contribution in [3.63, 3.8) is 0 Å². The number of anilines is 1. The van der Waals surface area contributed by atoms with Gasteiger partial charge in [-0.15, -0.1) is 0 Å². The zero-order chi connectivity index (χ0) is 14.9. The monoisotopic (exact) mass is 309 g/mol. The van der Waals surface area contributed by atoms with E-state index in [0.717, 1.165) is 23.7 Å². The summed E-state index contributed by atoms with van der Waals surface area (Å²) >= 11 is 0. The first-order chi connectivity index (χ1) is 10.8. The van der Waals surface area contributed by atoms with Crippen molar-refractivity contribution in [3.8, 4) is 11.5 Å². The summed E-state index contributed by atoms with van der Waals surface area (Å²) in [5.74, 6) is 1.67. The zero-order valence-corrected chi connectivity index (χ0v) is 13.2. The number of hydrogen-bond donors (Lipinski definition) is 0. The lowest BCUT2D eigenvalue weighted by atomic mass is 10.1. The Bertz CT molecular complexity index is 762. The van der Waals surface area contributed by atoms with E-state index in [4.69, 9.17) is 9.05 Å². The Balaban J connectivity index is 1.67. The van der Waals surface area contributed by atoms with Gasteiger partial charge in [0.2, 0.25) is 0 Å². The number of para-hydroxylation sites is 1. The maximum atomic E-state index is 6.09. The van der Waals surface area contributed by atoms with Crippen LogP contribution in [0.2, 0.25) is 0 Å². The predicted octanol–water partition coefficient (Wildman–Crippen LogP) is 5.36. The average molecular weight is 309 g/mol. The van der Waals surface area contributed by atoms with Gasteiger partial charge < -0.3 is 9.05 Å². The zero-order valence-electron chi connectivity index (χ0n) is 12.3. The van der Waals surface area contributed by atoms with Crippen LogP contribution in [0.25, 0.3) is 10.8 Å². The molecule has 3 nitrogen and oxygen atoms in total. The van der Waals surface area contributed by atoms with Gasteiger partial charge in [0, 0.05) is 12.2 Å². The SMILES string of the molecule is CCN(c1ccccc1)P1Oc2cc3ccccc3cc2O1. The molecule has 0 bridgehead atoms. The summed E-state index contributed by atoms with van der Waals surface area (Å²) < 4.78 is 14.3. The van der Waals surface area contributed by atoms with Gasteiger partial charge >= 0.3 is 8.53 Å². The molecule has 4 rings (SSSR count). The summed E-state index contributed by atoms with van der Waals surface area (Å²) in [6.45, 7) is 2.95. The van der Waals surface area contributed by atoms with Gasteiger partial charge in [-0.3, -0.25) is 4.67 Å². The Hall–Kier alpha value is -2.25. The summed E-state index contributed by atoms with van der Waals surface area (Å²) in [5, 5.41) is 2.34. The van der Waals surface area contributed by atoms with Crippen LogP contribution in [-0.2, 0) is 0 Å². The van der Waals surface area contributed by atoms with Gasteiger partial charge in [-0.25, -0.2) is 0 Å². The number of nitrogens with zero attached hydrogens (tertiary/aromatic N) is 1. The maximum Gasteiger partial charge on any atom is 0.417 e. The Labute approximate surface area is 131 Å². The molecule has 3 aromatic carbocycles. The van der Waals surface area contributed by atoms with Crippen molar-refractivity contribution in [1.82, 2.24) is 0 Å². The summed E-state index contributed by atoms with van der Waals surface area (Å²) in [6.07, 6.45) is 0. The molecule has 0 saturated heterocycles. The van der Waals surface area contributed by atoms with Gasteiger partial charge in [0.05, 0.1) is 0 Å². The molecule has 0 radical (unpaired) electrons. The van der Waals surface area contributed by atoms with E-state index >= 15 is 0 Å². The first-order valence-electron chi connectivity index (χ1n) is 7.36. The van der Waals surface area contributed by atoms with E-state index in [9.17, 15) is 0 Å². The maximum absolute atomic E-state index is 6.09. The van der Waals surface area contributed by atoms with Crippen molar-refractivity contribution in [2.75, 3.05) is 11.2 Å². The lowest BCUT2D eigenvalue weighted by molar-refractivity contribution is 0.566. The van der Waals surface area contributed by atoms with Crippen molar-refractivity contribution in [1.29, 1.82) is 0 Å². The fourth-order valence-electron chi connectivity index (χ4n) is 2.62. The van der Waals surface area contributed by atoms with E-state index in [-0.39, 0.29) is 0 Å². The molecule has 4 heteroatoms. The van der Waals surface area contributed by atoms with Crippen LogP contribution < -0.4 is 13.7 Å². The molecule has 0 N–H and O–H groups in total. The molecule has 3 aromatic rings. The first-order valence-corrected chi connectivity index (χ1v) is 8.49. The summed E-state index contributed by atoms with van der Waals surface area (Å²) in [6, 6.07) is 22.6. The highest BCUT2D eigenvalue weighted by atomic mass is 31.2. The molecule has 0 amide bonds. The van der Waals surface area contributed by atoms with Crippen molar-refractivity contribution in [3.05, 3.63) is 66.7 Å². The molecule has 0 aliphatic carbocycles. The van der Waals surface area contributed by atoms with Gasteiger partial charge in [0.25, 0.3) is 0 Å². The van der Waals surface area contributed by atoms with Gasteiger partial charge in [-0.05, 0) is 42.0 Å². The lowest BCUT2D eigenvalue weighted by Gasteiger charge is -2.24. The standard InChI is InChI=1S/C18H16NO2P/c1-2-19(16-10-4-3-5-11-16)22-20-17-12-14-8-6-7-9-15(14)13-18(17)21-22/h3-13H,2H2,1H3. The highest BCUT2D eigenvalue weighted by Crippen LogP contribution is 2.56. The van der Waals surface area contributed by atoms with Crippen molar-refractivity contribution in [2.24, 2.45) is 0 Å². The van der Waals surface area contributed by atoms with Crippen LogP contribution >= 0.6 is 8.53 Å². The second-order valence-electron chi connectivity index (χ2n) is 5.12. The normalized spacial score (nSPS) is 13.5.